The normalized spacial score (nSPS) is 13.2. The van der Waals surface area contributed by atoms with E-state index < -0.39 is 0 Å². The van der Waals surface area contributed by atoms with Gasteiger partial charge in [0, 0.05) is 17.9 Å². The second-order valence-corrected chi connectivity index (χ2v) is 4.02. The van der Waals surface area contributed by atoms with E-state index >= 15 is 0 Å². The van der Waals surface area contributed by atoms with Gasteiger partial charge in [-0.25, -0.2) is 0 Å². The van der Waals surface area contributed by atoms with Crippen LogP contribution in [0.3, 0.4) is 0 Å². The number of hydrogen-bond donors (Lipinski definition) is 1. The van der Waals surface area contributed by atoms with Crippen molar-refractivity contribution in [2.24, 2.45) is 5.41 Å². The minimum absolute atomic E-state index is 0.0725. The third-order valence-electron chi connectivity index (χ3n) is 2.30. The van der Waals surface area contributed by atoms with Crippen LogP contribution in [-0.4, -0.2) is 11.9 Å². The van der Waals surface area contributed by atoms with Crippen molar-refractivity contribution >= 4 is 5.91 Å². The van der Waals surface area contributed by atoms with E-state index in [9.17, 15) is 4.79 Å². The summed E-state index contributed by atoms with van der Waals surface area (Å²) >= 11 is 0. The number of nitrogens with one attached hydrogen (secondary N) is 1. The first-order valence-electron chi connectivity index (χ1n) is 4.68. The van der Waals surface area contributed by atoms with Crippen LogP contribution >= 0.6 is 0 Å². The molecule has 2 nitrogen and oxygen atoms in total. The molecular formula is C11H19NO. The van der Waals surface area contributed by atoms with Crippen molar-refractivity contribution in [2.45, 2.75) is 46.6 Å². The van der Waals surface area contributed by atoms with Gasteiger partial charge >= 0.3 is 0 Å². The third kappa shape index (κ3) is 3.98. The van der Waals surface area contributed by atoms with Crippen LogP contribution in [0, 0.1) is 17.8 Å². The van der Waals surface area contributed by atoms with Gasteiger partial charge in [-0.3, -0.25) is 4.79 Å². The Bertz CT molecular complexity index is 213. The molecule has 0 bridgehead atoms. The van der Waals surface area contributed by atoms with Gasteiger partial charge in [-0.15, -0.1) is 12.3 Å². The number of amides is 1. The topological polar surface area (TPSA) is 29.1 Å². The van der Waals surface area contributed by atoms with Gasteiger partial charge < -0.3 is 5.32 Å². The van der Waals surface area contributed by atoms with Crippen LogP contribution in [0.1, 0.15) is 40.5 Å². The van der Waals surface area contributed by atoms with Crippen LogP contribution in [0.4, 0.5) is 0 Å². The fourth-order valence-electron chi connectivity index (χ4n) is 0.808. The predicted molar refractivity (Wildman–Crippen MR) is 55.1 cm³/mol. The monoisotopic (exact) mass is 181 g/mol. The summed E-state index contributed by atoms with van der Waals surface area (Å²) in [5.41, 5.74) is -0.289. The molecule has 74 valence electrons. The zero-order valence-electron chi connectivity index (χ0n) is 8.98. The molecular weight excluding hydrogens is 162 g/mol. The van der Waals surface area contributed by atoms with E-state index in [-0.39, 0.29) is 17.4 Å². The lowest BCUT2D eigenvalue weighted by atomic mass is 9.89. The van der Waals surface area contributed by atoms with Crippen LogP contribution in [0.5, 0.6) is 0 Å². The zero-order valence-corrected chi connectivity index (χ0v) is 8.98. The smallest absolute Gasteiger partial charge is 0.225 e. The Hall–Kier alpha value is -0.970. The second kappa shape index (κ2) is 4.91. The summed E-state index contributed by atoms with van der Waals surface area (Å²) < 4.78 is 0. The highest BCUT2D eigenvalue weighted by Gasteiger charge is 2.25. The highest BCUT2D eigenvalue weighted by atomic mass is 16.2. The number of hydrogen-bond acceptors (Lipinski definition) is 1. The van der Waals surface area contributed by atoms with Crippen molar-refractivity contribution in [3.05, 3.63) is 0 Å². The first-order chi connectivity index (χ1) is 5.94. The van der Waals surface area contributed by atoms with Crippen molar-refractivity contribution in [1.82, 2.24) is 5.32 Å². The van der Waals surface area contributed by atoms with E-state index in [4.69, 9.17) is 6.42 Å². The molecule has 0 aromatic heterocycles. The Labute approximate surface area is 81.1 Å². The van der Waals surface area contributed by atoms with Crippen LogP contribution in [-0.2, 0) is 4.79 Å². The fraction of sp³-hybridized carbons (Fsp3) is 0.727. The number of terminal acetylenes is 1. The molecule has 1 amide bonds. The van der Waals surface area contributed by atoms with Crippen molar-refractivity contribution in [3.8, 4) is 12.3 Å². The summed E-state index contributed by atoms with van der Waals surface area (Å²) in [6, 6.07) is 0.0725. The second-order valence-electron chi connectivity index (χ2n) is 4.02. The molecule has 1 N–H and O–H groups in total. The maximum absolute atomic E-state index is 11.6. The van der Waals surface area contributed by atoms with Crippen LogP contribution in [0.15, 0.2) is 0 Å². The largest absolute Gasteiger partial charge is 0.352 e. The maximum Gasteiger partial charge on any atom is 0.225 e. The van der Waals surface area contributed by atoms with E-state index in [0.717, 1.165) is 6.42 Å². The molecule has 0 aromatic rings. The summed E-state index contributed by atoms with van der Waals surface area (Å²) in [4.78, 5) is 11.6. The van der Waals surface area contributed by atoms with E-state index in [1.165, 1.54) is 0 Å². The molecule has 0 saturated heterocycles. The molecule has 0 aliphatic rings. The summed E-state index contributed by atoms with van der Waals surface area (Å²) in [5, 5.41) is 2.89. The highest BCUT2D eigenvalue weighted by Crippen LogP contribution is 2.19. The molecule has 0 spiro atoms. The molecule has 2 heteroatoms. The molecule has 13 heavy (non-hydrogen) atoms. The number of rotatable bonds is 4. The number of carbonyl (C=O) groups excluding carboxylic acids is 1. The quantitative estimate of drug-likeness (QED) is 0.660. The molecule has 0 saturated carbocycles. The molecule has 0 fully saturated rings. The van der Waals surface area contributed by atoms with E-state index in [2.05, 4.69) is 11.2 Å². The Kier molecular flexibility index (Phi) is 4.55. The average Bonchev–Trinajstić information content (AvgIpc) is 2.04. The van der Waals surface area contributed by atoms with Gasteiger partial charge in [-0.2, -0.15) is 0 Å². The van der Waals surface area contributed by atoms with Gasteiger partial charge in [0.15, 0.2) is 0 Å². The third-order valence-corrected chi connectivity index (χ3v) is 2.30. The Balaban J connectivity index is 4.09. The van der Waals surface area contributed by atoms with Crippen molar-refractivity contribution in [1.29, 1.82) is 0 Å². The maximum atomic E-state index is 11.6. The first-order valence-corrected chi connectivity index (χ1v) is 4.68. The van der Waals surface area contributed by atoms with Gasteiger partial charge in [0.25, 0.3) is 0 Å². The Morgan fingerprint density at radius 3 is 2.54 bits per heavy atom. The minimum atomic E-state index is -0.289. The molecule has 0 radical (unpaired) electrons. The Morgan fingerprint density at radius 1 is 1.62 bits per heavy atom. The van der Waals surface area contributed by atoms with Gasteiger partial charge in [0.05, 0.1) is 0 Å². The van der Waals surface area contributed by atoms with E-state index in [0.29, 0.717) is 6.42 Å². The van der Waals surface area contributed by atoms with Crippen LogP contribution in [0.25, 0.3) is 0 Å². The average molecular weight is 181 g/mol. The fourth-order valence-corrected chi connectivity index (χ4v) is 0.808. The van der Waals surface area contributed by atoms with E-state index in [1.54, 1.807) is 0 Å². The number of carbonyl (C=O) groups is 1. The summed E-state index contributed by atoms with van der Waals surface area (Å²) in [5.74, 6) is 2.61. The summed E-state index contributed by atoms with van der Waals surface area (Å²) in [7, 11) is 0. The Morgan fingerprint density at radius 2 is 2.15 bits per heavy atom. The molecule has 0 aromatic carbocycles. The predicted octanol–water partition coefficient (Wildman–Crippen LogP) is 1.95. The van der Waals surface area contributed by atoms with Crippen molar-refractivity contribution in [3.63, 3.8) is 0 Å². The summed E-state index contributed by atoms with van der Waals surface area (Å²) in [6.45, 7) is 7.80. The molecule has 0 rings (SSSR count). The standard InChI is InChI=1S/C11H19NO/c1-6-8-9(3)12-10(13)11(4,5)7-2/h1,9H,7-8H2,2-5H3,(H,12,13). The van der Waals surface area contributed by atoms with Gasteiger partial charge in [0.2, 0.25) is 5.91 Å². The lowest BCUT2D eigenvalue weighted by molar-refractivity contribution is -0.130. The van der Waals surface area contributed by atoms with Gasteiger partial charge in [-0.1, -0.05) is 20.8 Å². The lowest BCUT2D eigenvalue weighted by Crippen LogP contribution is -2.41. The first kappa shape index (κ1) is 12.0. The lowest BCUT2D eigenvalue weighted by Gasteiger charge is -2.23. The van der Waals surface area contributed by atoms with E-state index in [1.807, 2.05) is 27.7 Å². The summed E-state index contributed by atoms with van der Waals surface area (Å²) in [6.07, 6.45) is 6.57. The van der Waals surface area contributed by atoms with Gasteiger partial charge in [-0.05, 0) is 13.3 Å². The van der Waals surface area contributed by atoms with Crippen LogP contribution < -0.4 is 5.32 Å². The van der Waals surface area contributed by atoms with Gasteiger partial charge in [0.1, 0.15) is 0 Å². The molecule has 0 heterocycles. The van der Waals surface area contributed by atoms with Crippen molar-refractivity contribution < 1.29 is 4.79 Å². The highest BCUT2D eigenvalue weighted by molar-refractivity contribution is 5.81. The van der Waals surface area contributed by atoms with Crippen LogP contribution in [0.2, 0.25) is 0 Å². The molecule has 1 unspecified atom stereocenters. The SMILES string of the molecule is C#CCC(C)NC(=O)C(C)(C)CC. The molecule has 0 aliphatic carbocycles. The van der Waals surface area contributed by atoms with Crippen molar-refractivity contribution in [2.75, 3.05) is 0 Å². The zero-order chi connectivity index (χ0) is 10.5. The minimum Gasteiger partial charge on any atom is -0.352 e. The molecule has 1 atom stereocenters. The molecule has 0 aliphatic heterocycles.